The summed E-state index contributed by atoms with van der Waals surface area (Å²) in [6.45, 7) is 2.25. The molecular formula is C25H26ClN3O5. The van der Waals surface area contributed by atoms with E-state index < -0.39 is 11.9 Å². The van der Waals surface area contributed by atoms with Gasteiger partial charge in [-0.1, -0.05) is 23.7 Å². The van der Waals surface area contributed by atoms with Crippen LogP contribution < -0.4 is 5.32 Å². The van der Waals surface area contributed by atoms with Crippen LogP contribution in [-0.4, -0.2) is 58.1 Å². The van der Waals surface area contributed by atoms with Gasteiger partial charge in [0.15, 0.2) is 0 Å². The minimum atomic E-state index is -1.26. The number of aromatic amines is 1. The Hall–Kier alpha value is -3.62. The second-order valence-electron chi connectivity index (χ2n) is 8.03. The monoisotopic (exact) mass is 483 g/mol. The maximum absolute atomic E-state index is 12.5. The van der Waals surface area contributed by atoms with E-state index in [1.165, 1.54) is 23.8 Å². The van der Waals surface area contributed by atoms with Crippen molar-refractivity contribution in [1.29, 1.82) is 0 Å². The molecule has 8 nitrogen and oxygen atoms in total. The summed E-state index contributed by atoms with van der Waals surface area (Å²) in [7, 11) is 2.17. The van der Waals surface area contributed by atoms with Crippen LogP contribution in [0.4, 0.5) is 5.69 Å². The van der Waals surface area contributed by atoms with Crippen LogP contribution >= 0.6 is 11.6 Å². The summed E-state index contributed by atoms with van der Waals surface area (Å²) >= 11 is 6.13. The number of aromatic nitrogens is 1. The fourth-order valence-electron chi connectivity index (χ4n) is 3.86. The van der Waals surface area contributed by atoms with Crippen LogP contribution in [0.25, 0.3) is 10.9 Å². The number of hydrogen-bond acceptors (Lipinski definition) is 4. The average Bonchev–Trinajstić information content (AvgIpc) is 3.22. The van der Waals surface area contributed by atoms with Crippen molar-refractivity contribution in [2.45, 2.75) is 18.8 Å². The van der Waals surface area contributed by atoms with Crippen molar-refractivity contribution >= 4 is 46.0 Å². The third-order valence-corrected chi connectivity index (χ3v) is 5.95. The van der Waals surface area contributed by atoms with Crippen molar-refractivity contribution in [3.05, 3.63) is 77.0 Å². The summed E-state index contributed by atoms with van der Waals surface area (Å²) in [5, 5.41) is 20.2. The summed E-state index contributed by atoms with van der Waals surface area (Å²) in [5.74, 6) is -2.14. The SMILES string of the molecule is CN1CCC(c2c[nH]c3ccc(NC(=O)c4ccccc4Cl)cc23)CC1.O=C(O)C=CC(=O)O. The van der Waals surface area contributed by atoms with Gasteiger partial charge in [-0.2, -0.15) is 0 Å². The number of H-pyrrole nitrogens is 1. The molecule has 2 heterocycles. The molecule has 0 radical (unpaired) electrons. The molecule has 4 rings (SSSR count). The van der Waals surface area contributed by atoms with E-state index in [4.69, 9.17) is 21.8 Å². The largest absolute Gasteiger partial charge is 0.478 e. The molecule has 1 aliphatic heterocycles. The highest BCUT2D eigenvalue weighted by Crippen LogP contribution is 2.34. The van der Waals surface area contributed by atoms with Crippen molar-refractivity contribution in [2.75, 3.05) is 25.5 Å². The molecule has 178 valence electrons. The first-order valence-electron chi connectivity index (χ1n) is 10.7. The third kappa shape index (κ3) is 6.69. The lowest BCUT2D eigenvalue weighted by Crippen LogP contribution is -2.29. The van der Waals surface area contributed by atoms with Crippen molar-refractivity contribution in [3.63, 3.8) is 0 Å². The molecule has 2 aromatic carbocycles. The number of hydrogen-bond donors (Lipinski definition) is 4. The number of fused-ring (bicyclic) bond motifs is 1. The molecule has 1 aromatic heterocycles. The molecular weight excluding hydrogens is 458 g/mol. The molecule has 9 heteroatoms. The molecule has 1 aliphatic rings. The Morgan fingerprint density at radius 3 is 2.32 bits per heavy atom. The Balaban J connectivity index is 0.000000350. The quantitative estimate of drug-likeness (QED) is 0.393. The van der Waals surface area contributed by atoms with Gasteiger partial charge in [-0.25, -0.2) is 9.59 Å². The standard InChI is InChI=1S/C21H22ClN3O.C4H4O4/c1-25-10-8-14(9-11-25)18-13-23-20-7-6-15(12-17(18)20)24-21(26)16-4-2-3-5-19(16)22;5-3(6)1-2-4(7)8/h2-7,12-14,23H,8-11H2,1H3,(H,24,26);1-2H,(H,5,6)(H,7,8). The number of piperidine rings is 1. The van der Waals surface area contributed by atoms with E-state index in [2.05, 4.69) is 34.5 Å². The number of aliphatic carboxylic acids is 2. The molecule has 0 atom stereocenters. The minimum absolute atomic E-state index is 0.189. The van der Waals surface area contributed by atoms with E-state index in [0.29, 0.717) is 28.7 Å². The zero-order chi connectivity index (χ0) is 24.7. The first-order valence-corrected chi connectivity index (χ1v) is 11.1. The lowest BCUT2D eigenvalue weighted by molar-refractivity contribution is -0.134. The van der Waals surface area contributed by atoms with Gasteiger partial charge >= 0.3 is 11.9 Å². The summed E-state index contributed by atoms with van der Waals surface area (Å²) < 4.78 is 0. The van der Waals surface area contributed by atoms with Crippen LogP contribution in [0.5, 0.6) is 0 Å². The zero-order valence-corrected chi connectivity index (χ0v) is 19.4. The van der Waals surface area contributed by atoms with E-state index in [-0.39, 0.29) is 5.91 Å². The number of benzene rings is 2. The lowest BCUT2D eigenvalue weighted by atomic mass is 9.89. The fourth-order valence-corrected chi connectivity index (χ4v) is 4.09. The Kier molecular flexibility index (Phi) is 8.45. The van der Waals surface area contributed by atoms with Crippen molar-refractivity contribution in [2.24, 2.45) is 0 Å². The predicted octanol–water partition coefficient (Wildman–Crippen LogP) is 4.59. The topological polar surface area (TPSA) is 123 Å². The third-order valence-electron chi connectivity index (χ3n) is 5.62. The Morgan fingerprint density at radius 1 is 1.06 bits per heavy atom. The first kappa shape index (κ1) is 25.0. The lowest BCUT2D eigenvalue weighted by Gasteiger charge is -2.28. The number of nitrogens with one attached hydrogen (secondary N) is 2. The maximum Gasteiger partial charge on any atom is 0.328 e. The summed E-state index contributed by atoms with van der Waals surface area (Å²) in [4.78, 5) is 37.4. The summed E-state index contributed by atoms with van der Waals surface area (Å²) in [6, 6.07) is 13.1. The first-order chi connectivity index (χ1) is 16.2. The molecule has 0 aliphatic carbocycles. The van der Waals surface area contributed by atoms with Gasteiger partial charge in [0.1, 0.15) is 0 Å². The molecule has 0 spiro atoms. The second-order valence-corrected chi connectivity index (χ2v) is 8.43. The number of halogens is 1. The Morgan fingerprint density at radius 2 is 1.71 bits per heavy atom. The number of nitrogens with zero attached hydrogens (tertiary/aromatic N) is 1. The minimum Gasteiger partial charge on any atom is -0.478 e. The van der Waals surface area contributed by atoms with Crippen LogP contribution in [0.1, 0.15) is 34.7 Å². The van der Waals surface area contributed by atoms with Crippen molar-refractivity contribution < 1.29 is 24.6 Å². The van der Waals surface area contributed by atoms with Gasteiger partial charge in [0, 0.05) is 34.9 Å². The highest BCUT2D eigenvalue weighted by molar-refractivity contribution is 6.34. The Labute approximate surface area is 201 Å². The van der Waals surface area contributed by atoms with Crippen LogP contribution in [0.2, 0.25) is 5.02 Å². The predicted molar refractivity (Wildman–Crippen MR) is 132 cm³/mol. The molecule has 4 N–H and O–H groups in total. The Bertz CT molecular complexity index is 1200. The zero-order valence-electron chi connectivity index (χ0n) is 18.6. The second kappa shape index (κ2) is 11.5. The molecule has 3 aromatic rings. The van der Waals surface area contributed by atoms with Gasteiger partial charge in [-0.3, -0.25) is 4.79 Å². The summed E-state index contributed by atoms with van der Waals surface area (Å²) in [5.41, 5.74) is 3.73. The van der Waals surface area contributed by atoms with Gasteiger partial charge in [0.05, 0.1) is 10.6 Å². The molecule has 1 amide bonds. The number of rotatable bonds is 5. The number of anilines is 1. The van der Waals surface area contributed by atoms with Gasteiger partial charge in [-0.05, 0) is 74.8 Å². The van der Waals surface area contributed by atoms with Crippen LogP contribution in [0.15, 0.2) is 60.8 Å². The van der Waals surface area contributed by atoms with Gasteiger partial charge in [0.2, 0.25) is 0 Å². The van der Waals surface area contributed by atoms with E-state index in [9.17, 15) is 14.4 Å². The molecule has 1 fully saturated rings. The molecule has 34 heavy (non-hydrogen) atoms. The highest BCUT2D eigenvalue weighted by atomic mass is 35.5. The van der Waals surface area contributed by atoms with Crippen LogP contribution in [0.3, 0.4) is 0 Å². The highest BCUT2D eigenvalue weighted by Gasteiger charge is 2.21. The van der Waals surface area contributed by atoms with Gasteiger partial charge < -0.3 is 25.4 Å². The molecule has 1 saturated heterocycles. The van der Waals surface area contributed by atoms with Crippen molar-refractivity contribution in [3.8, 4) is 0 Å². The van der Waals surface area contributed by atoms with E-state index in [1.54, 1.807) is 12.1 Å². The number of carbonyl (C=O) groups excluding carboxylic acids is 1. The summed E-state index contributed by atoms with van der Waals surface area (Å²) in [6.07, 6.45) is 5.57. The molecule has 0 bridgehead atoms. The number of carboxylic acids is 2. The van der Waals surface area contributed by atoms with E-state index in [0.717, 1.165) is 24.3 Å². The average molecular weight is 484 g/mol. The number of carbonyl (C=O) groups is 3. The van der Waals surface area contributed by atoms with Gasteiger partial charge in [0.25, 0.3) is 5.91 Å². The normalized spacial score (nSPS) is 14.5. The van der Waals surface area contributed by atoms with Crippen molar-refractivity contribution in [1.82, 2.24) is 9.88 Å². The smallest absolute Gasteiger partial charge is 0.328 e. The van der Waals surface area contributed by atoms with E-state index >= 15 is 0 Å². The van der Waals surface area contributed by atoms with Gasteiger partial charge in [-0.15, -0.1) is 0 Å². The number of amides is 1. The van der Waals surface area contributed by atoms with Crippen LogP contribution in [0, 0.1) is 0 Å². The van der Waals surface area contributed by atoms with Crippen LogP contribution in [-0.2, 0) is 9.59 Å². The maximum atomic E-state index is 12.5. The number of carboxylic acid groups (broad SMARTS) is 2. The van der Waals surface area contributed by atoms with E-state index in [1.807, 2.05) is 24.3 Å². The molecule has 0 saturated carbocycles. The molecule has 0 unspecified atom stereocenters. The fraction of sp³-hybridized carbons (Fsp3) is 0.240. The number of likely N-dealkylation sites (tertiary alicyclic amines) is 1.